The molecule has 0 amide bonds. The first-order valence-corrected chi connectivity index (χ1v) is 4.42. The lowest BCUT2D eigenvalue weighted by atomic mass is 10.2. The molecule has 1 aromatic rings. The quantitative estimate of drug-likeness (QED) is 0.746. The van der Waals surface area contributed by atoms with E-state index in [1.54, 1.807) is 0 Å². The molecular formula is C8H4BrF5O. The molecule has 0 aromatic heterocycles. The predicted octanol–water partition coefficient (Wildman–Crippen LogP) is 4.07. The maximum absolute atomic E-state index is 12.3. The number of rotatable bonds is 2. The molecule has 0 saturated heterocycles. The fourth-order valence-corrected chi connectivity index (χ4v) is 1.40. The SMILES string of the molecule is FC(F)Oc1c(Br)cccc1C(F)(F)F. The van der Waals surface area contributed by atoms with Gasteiger partial charge in [0.1, 0.15) is 0 Å². The van der Waals surface area contributed by atoms with E-state index in [4.69, 9.17) is 0 Å². The Hall–Kier alpha value is -0.850. The highest BCUT2D eigenvalue weighted by Gasteiger charge is 2.35. The zero-order chi connectivity index (χ0) is 11.6. The minimum Gasteiger partial charge on any atom is -0.433 e. The van der Waals surface area contributed by atoms with Crippen LogP contribution < -0.4 is 4.74 Å². The van der Waals surface area contributed by atoms with Gasteiger partial charge in [-0.3, -0.25) is 0 Å². The summed E-state index contributed by atoms with van der Waals surface area (Å²) in [5.41, 5.74) is -1.24. The number of ether oxygens (including phenoxy) is 1. The van der Waals surface area contributed by atoms with Crippen molar-refractivity contribution in [2.45, 2.75) is 12.8 Å². The van der Waals surface area contributed by atoms with E-state index in [1.807, 2.05) is 0 Å². The summed E-state index contributed by atoms with van der Waals surface area (Å²) in [6.07, 6.45) is -4.73. The Kier molecular flexibility index (Phi) is 3.54. The second kappa shape index (κ2) is 4.34. The Morgan fingerprint density at radius 2 is 1.80 bits per heavy atom. The van der Waals surface area contributed by atoms with Gasteiger partial charge in [-0.15, -0.1) is 0 Å². The van der Waals surface area contributed by atoms with E-state index >= 15 is 0 Å². The number of hydrogen-bond acceptors (Lipinski definition) is 1. The van der Waals surface area contributed by atoms with E-state index in [0.29, 0.717) is 6.07 Å². The Balaban J connectivity index is 3.21. The van der Waals surface area contributed by atoms with Gasteiger partial charge >= 0.3 is 12.8 Å². The van der Waals surface area contributed by atoms with Crippen LogP contribution in [0.2, 0.25) is 0 Å². The standard InChI is InChI=1S/C8H4BrF5O/c9-5-3-1-2-4(8(12,13)14)6(5)15-7(10)11/h1-3,7H. The van der Waals surface area contributed by atoms with Gasteiger partial charge < -0.3 is 4.74 Å². The zero-order valence-electron chi connectivity index (χ0n) is 6.99. The Morgan fingerprint density at radius 1 is 1.20 bits per heavy atom. The van der Waals surface area contributed by atoms with Crippen LogP contribution in [0.5, 0.6) is 5.75 Å². The second-order valence-electron chi connectivity index (χ2n) is 2.49. The van der Waals surface area contributed by atoms with Crippen LogP contribution in [0.15, 0.2) is 22.7 Å². The molecule has 84 valence electrons. The molecular weight excluding hydrogens is 287 g/mol. The lowest BCUT2D eigenvalue weighted by Crippen LogP contribution is -2.11. The number of hydrogen-bond donors (Lipinski definition) is 0. The molecule has 0 aliphatic rings. The zero-order valence-corrected chi connectivity index (χ0v) is 8.57. The van der Waals surface area contributed by atoms with Gasteiger partial charge in [0.2, 0.25) is 0 Å². The third kappa shape index (κ3) is 3.05. The maximum Gasteiger partial charge on any atom is 0.420 e. The first-order valence-electron chi connectivity index (χ1n) is 3.63. The molecule has 1 aromatic carbocycles. The topological polar surface area (TPSA) is 9.23 Å². The van der Waals surface area contributed by atoms with Crippen molar-refractivity contribution in [3.05, 3.63) is 28.2 Å². The smallest absolute Gasteiger partial charge is 0.420 e. The van der Waals surface area contributed by atoms with E-state index in [9.17, 15) is 22.0 Å². The number of halogens is 6. The Morgan fingerprint density at radius 3 is 2.27 bits per heavy atom. The van der Waals surface area contributed by atoms with Gasteiger partial charge in [0.05, 0.1) is 10.0 Å². The van der Waals surface area contributed by atoms with E-state index < -0.39 is 24.1 Å². The van der Waals surface area contributed by atoms with Gasteiger partial charge in [0, 0.05) is 0 Å². The highest BCUT2D eigenvalue weighted by atomic mass is 79.9. The normalized spacial score (nSPS) is 11.9. The third-order valence-electron chi connectivity index (χ3n) is 1.48. The fourth-order valence-electron chi connectivity index (χ4n) is 0.941. The molecule has 0 fully saturated rings. The lowest BCUT2D eigenvalue weighted by molar-refractivity contribution is -0.142. The fraction of sp³-hybridized carbons (Fsp3) is 0.250. The molecule has 0 N–H and O–H groups in total. The minimum absolute atomic E-state index is 0.169. The summed E-state index contributed by atoms with van der Waals surface area (Å²) in [7, 11) is 0. The molecule has 1 rings (SSSR count). The number of benzene rings is 1. The molecule has 0 aliphatic carbocycles. The van der Waals surface area contributed by atoms with Crippen molar-refractivity contribution in [1.29, 1.82) is 0 Å². The van der Waals surface area contributed by atoms with Crippen molar-refractivity contribution in [3.8, 4) is 5.75 Å². The number of para-hydroxylation sites is 1. The summed E-state index contributed by atoms with van der Waals surface area (Å²) < 4.78 is 64.3. The van der Waals surface area contributed by atoms with E-state index in [2.05, 4.69) is 20.7 Å². The van der Waals surface area contributed by atoms with Crippen LogP contribution in [-0.4, -0.2) is 6.61 Å². The van der Waals surface area contributed by atoms with Gasteiger partial charge in [-0.1, -0.05) is 6.07 Å². The highest BCUT2D eigenvalue weighted by Crippen LogP contribution is 2.40. The molecule has 0 bridgehead atoms. The van der Waals surface area contributed by atoms with Crippen molar-refractivity contribution < 1.29 is 26.7 Å². The predicted molar refractivity (Wildman–Crippen MR) is 45.8 cm³/mol. The van der Waals surface area contributed by atoms with E-state index in [1.165, 1.54) is 6.07 Å². The molecule has 0 aliphatic heterocycles. The van der Waals surface area contributed by atoms with Crippen molar-refractivity contribution in [2.24, 2.45) is 0 Å². The molecule has 0 heterocycles. The lowest BCUT2D eigenvalue weighted by Gasteiger charge is -2.14. The average Bonchev–Trinajstić information content (AvgIpc) is 2.05. The summed E-state index contributed by atoms with van der Waals surface area (Å²) in [6.45, 7) is -3.30. The summed E-state index contributed by atoms with van der Waals surface area (Å²) in [4.78, 5) is 0. The van der Waals surface area contributed by atoms with Gasteiger partial charge in [-0.25, -0.2) is 0 Å². The van der Waals surface area contributed by atoms with Crippen LogP contribution >= 0.6 is 15.9 Å². The van der Waals surface area contributed by atoms with Crippen LogP contribution in [0.3, 0.4) is 0 Å². The van der Waals surface area contributed by atoms with Crippen LogP contribution in [0, 0.1) is 0 Å². The largest absolute Gasteiger partial charge is 0.433 e. The molecule has 0 atom stereocenters. The van der Waals surface area contributed by atoms with Crippen molar-refractivity contribution >= 4 is 15.9 Å². The van der Waals surface area contributed by atoms with Gasteiger partial charge in [0.25, 0.3) is 0 Å². The Bertz CT molecular complexity index is 349. The molecule has 0 unspecified atom stereocenters. The highest BCUT2D eigenvalue weighted by molar-refractivity contribution is 9.10. The van der Waals surface area contributed by atoms with Crippen LogP contribution in [-0.2, 0) is 6.18 Å². The van der Waals surface area contributed by atoms with E-state index in [-0.39, 0.29) is 4.47 Å². The van der Waals surface area contributed by atoms with Crippen LogP contribution in [0.4, 0.5) is 22.0 Å². The summed E-state index contributed by atoms with van der Waals surface area (Å²) in [6, 6.07) is 2.95. The first kappa shape index (κ1) is 12.2. The molecule has 0 spiro atoms. The Labute approximate surface area is 90.0 Å². The molecule has 0 saturated carbocycles. The van der Waals surface area contributed by atoms with Crippen LogP contribution in [0.1, 0.15) is 5.56 Å². The van der Waals surface area contributed by atoms with Crippen molar-refractivity contribution in [1.82, 2.24) is 0 Å². The first-order chi connectivity index (χ1) is 6.82. The summed E-state index contributed by atoms with van der Waals surface area (Å²) >= 11 is 2.71. The molecule has 0 radical (unpaired) electrons. The average molecular weight is 291 g/mol. The number of alkyl halides is 5. The summed E-state index contributed by atoms with van der Waals surface area (Å²) in [5.74, 6) is -0.903. The molecule has 7 heteroatoms. The molecule has 15 heavy (non-hydrogen) atoms. The monoisotopic (exact) mass is 290 g/mol. The molecule has 1 nitrogen and oxygen atoms in total. The maximum atomic E-state index is 12.3. The van der Waals surface area contributed by atoms with Crippen molar-refractivity contribution in [2.75, 3.05) is 0 Å². The van der Waals surface area contributed by atoms with Gasteiger partial charge in [-0.05, 0) is 28.1 Å². The van der Waals surface area contributed by atoms with E-state index in [0.717, 1.165) is 6.07 Å². The second-order valence-corrected chi connectivity index (χ2v) is 3.35. The minimum atomic E-state index is -4.73. The van der Waals surface area contributed by atoms with Gasteiger partial charge in [0.15, 0.2) is 5.75 Å². The van der Waals surface area contributed by atoms with Gasteiger partial charge in [-0.2, -0.15) is 22.0 Å². The van der Waals surface area contributed by atoms with Crippen molar-refractivity contribution in [3.63, 3.8) is 0 Å². The van der Waals surface area contributed by atoms with Crippen LogP contribution in [0.25, 0.3) is 0 Å². The third-order valence-corrected chi connectivity index (χ3v) is 2.10. The summed E-state index contributed by atoms with van der Waals surface area (Å²) in [5, 5.41) is 0.